The van der Waals surface area contributed by atoms with Crippen LogP contribution in [0.3, 0.4) is 0 Å². The van der Waals surface area contributed by atoms with E-state index in [2.05, 4.69) is 181 Å². The predicted octanol–water partition coefficient (Wildman–Crippen LogP) is 14.4. The number of fused-ring (bicyclic) bond motifs is 7. The summed E-state index contributed by atoms with van der Waals surface area (Å²) in [4.78, 5) is 2.44. The molecule has 8 aromatic carbocycles. The molecule has 230 valence electrons. The highest BCUT2D eigenvalue weighted by Gasteiger charge is 2.19. The number of rotatable bonds is 5. The first-order valence-corrected chi connectivity index (χ1v) is 18.2. The van der Waals surface area contributed by atoms with Gasteiger partial charge in [0.25, 0.3) is 0 Å². The Morgan fingerprint density at radius 1 is 0.347 bits per heavy atom. The second-order valence-corrected chi connectivity index (χ2v) is 14.7. The molecule has 0 saturated carbocycles. The molecule has 0 saturated heterocycles. The molecule has 1 nitrogen and oxygen atoms in total. The Balaban J connectivity index is 1.15. The molecule has 0 unspecified atom stereocenters. The van der Waals surface area contributed by atoms with Gasteiger partial charge in [-0.3, -0.25) is 0 Å². The topological polar surface area (TPSA) is 3.24 Å². The van der Waals surface area contributed by atoms with Crippen LogP contribution in [0.5, 0.6) is 0 Å². The van der Waals surface area contributed by atoms with Gasteiger partial charge in [-0.2, -0.15) is 0 Å². The van der Waals surface area contributed by atoms with Crippen LogP contribution in [0.4, 0.5) is 17.1 Å². The fourth-order valence-electron chi connectivity index (χ4n) is 7.37. The van der Waals surface area contributed by atoms with Gasteiger partial charge in [-0.15, -0.1) is 22.7 Å². The van der Waals surface area contributed by atoms with Crippen LogP contribution in [0.15, 0.2) is 176 Å². The van der Waals surface area contributed by atoms with Crippen molar-refractivity contribution in [3.63, 3.8) is 0 Å². The van der Waals surface area contributed by atoms with Gasteiger partial charge in [0, 0.05) is 51.7 Å². The number of hydrogen-bond acceptors (Lipinski definition) is 3. The van der Waals surface area contributed by atoms with E-state index < -0.39 is 0 Å². The zero-order valence-corrected chi connectivity index (χ0v) is 28.1. The first-order chi connectivity index (χ1) is 24.3. The summed E-state index contributed by atoms with van der Waals surface area (Å²) in [7, 11) is 0. The minimum Gasteiger partial charge on any atom is -0.310 e. The van der Waals surface area contributed by atoms with Crippen molar-refractivity contribution in [2.75, 3.05) is 4.90 Å². The molecule has 0 spiro atoms. The van der Waals surface area contributed by atoms with E-state index in [1.54, 1.807) is 0 Å². The summed E-state index contributed by atoms with van der Waals surface area (Å²) >= 11 is 3.72. The molecule has 49 heavy (non-hydrogen) atoms. The fraction of sp³-hybridized carbons (Fsp3) is 0. The van der Waals surface area contributed by atoms with Crippen molar-refractivity contribution < 1.29 is 0 Å². The van der Waals surface area contributed by atoms with Gasteiger partial charge in [-0.25, -0.2) is 0 Å². The van der Waals surface area contributed by atoms with Gasteiger partial charge in [-0.1, -0.05) is 115 Å². The summed E-state index contributed by atoms with van der Waals surface area (Å²) in [6.07, 6.45) is 0. The van der Waals surface area contributed by atoms with Crippen LogP contribution in [0.1, 0.15) is 0 Å². The molecule has 2 aromatic heterocycles. The largest absolute Gasteiger partial charge is 0.310 e. The predicted molar refractivity (Wildman–Crippen MR) is 215 cm³/mol. The molecule has 3 heteroatoms. The molecular weight excluding hydrogens is 631 g/mol. The van der Waals surface area contributed by atoms with Gasteiger partial charge < -0.3 is 4.90 Å². The minimum absolute atomic E-state index is 1.13. The van der Waals surface area contributed by atoms with E-state index in [9.17, 15) is 0 Å². The Labute approximate surface area is 292 Å². The van der Waals surface area contributed by atoms with E-state index >= 15 is 0 Å². The molecule has 0 aliphatic rings. The van der Waals surface area contributed by atoms with E-state index in [-0.39, 0.29) is 0 Å². The number of anilines is 3. The SMILES string of the molecule is c1cc(-c2cccc3ccccc23)cc(N(c2ccc(-c3ccc4sc5ccccc5c4c3)cc2)c2cccc3sc4ccccc4c23)c1. The van der Waals surface area contributed by atoms with Gasteiger partial charge in [0.1, 0.15) is 0 Å². The Kier molecular flexibility index (Phi) is 6.61. The number of hydrogen-bond donors (Lipinski definition) is 0. The van der Waals surface area contributed by atoms with Crippen LogP contribution >= 0.6 is 22.7 Å². The van der Waals surface area contributed by atoms with E-state index in [4.69, 9.17) is 0 Å². The molecule has 2 heterocycles. The standard InChI is InChI=1S/C46H29NS2/c1-2-14-36-31(10-1)11-8-17-37(36)33-12-7-13-35(28-33)47(41-18-9-21-45-46(41)39-16-4-6-20-43(39)49-45)34-25-22-30(23-26-34)32-24-27-44-40(29-32)38-15-3-5-19-42(38)48-44/h1-29H. The molecule has 0 atom stereocenters. The maximum Gasteiger partial charge on any atom is 0.0554 e. The Morgan fingerprint density at radius 3 is 1.86 bits per heavy atom. The number of nitrogens with zero attached hydrogens (tertiary/aromatic N) is 1. The zero-order valence-electron chi connectivity index (χ0n) is 26.5. The van der Waals surface area contributed by atoms with Gasteiger partial charge in [0.2, 0.25) is 0 Å². The molecule has 0 aliphatic carbocycles. The van der Waals surface area contributed by atoms with E-state index in [1.807, 2.05) is 22.7 Å². The molecule has 10 rings (SSSR count). The lowest BCUT2D eigenvalue weighted by atomic mass is 9.97. The average Bonchev–Trinajstić information content (AvgIpc) is 3.74. The molecule has 0 amide bonds. The second kappa shape index (κ2) is 11.5. The van der Waals surface area contributed by atoms with Gasteiger partial charge in [-0.05, 0) is 93.7 Å². The molecule has 0 bridgehead atoms. The van der Waals surface area contributed by atoms with Crippen molar-refractivity contribution >= 4 is 90.9 Å². The van der Waals surface area contributed by atoms with Crippen LogP contribution in [-0.4, -0.2) is 0 Å². The van der Waals surface area contributed by atoms with Crippen LogP contribution in [0.25, 0.3) is 73.4 Å². The van der Waals surface area contributed by atoms with E-state index in [0.29, 0.717) is 0 Å². The fourth-order valence-corrected chi connectivity index (χ4v) is 9.58. The lowest BCUT2D eigenvalue weighted by molar-refractivity contribution is 1.30. The lowest BCUT2D eigenvalue weighted by Crippen LogP contribution is -2.10. The summed E-state index contributed by atoms with van der Waals surface area (Å²) in [5, 5.41) is 7.75. The Hall–Kier alpha value is -5.74. The van der Waals surface area contributed by atoms with Crippen molar-refractivity contribution in [3.8, 4) is 22.3 Å². The highest BCUT2D eigenvalue weighted by Crippen LogP contribution is 2.46. The molecular formula is C46H29NS2. The zero-order chi connectivity index (χ0) is 32.3. The molecule has 10 aromatic rings. The third-order valence-corrected chi connectivity index (χ3v) is 11.9. The smallest absolute Gasteiger partial charge is 0.0554 e. The normalized spacial score (nSPS) is 11.7. The van der Waals surface area contributed by atoms with Gasteiger partial charge in [0.05, 0.1) is 5.69 Å². The van der Waals surface area contributed by atoms with Crippen molar-refractivity contribution in [2.45, 2.75) is 0 Å². The molecule has 0 aliphatic heterocycles. The van der Waals surface area contributed by atoms with Crippen molar-refractivity contribution in [1.82, 2.24) is 0 Å². The summed E-state index contributed by atoms with van der Waals surface area (Å²) < 4.78 is 5.26. The van der Waals surface area contributed by atoms with Crippen molar-refractivity contribution in [3.05, 3.63) is 176 Å². The Morgan fingerprint density at radius 2 is 0.980 bits per heavy atom. The summed E-state index contributed by atoms with van der Waals surface area (Å²) in [6.45, 7) is 0. The minimum atomic E-state index is 1.13. The number of benzene rings is 8. The van der Waals surface area contributed by atoms with Crippen molar-refractivity contribution in [1.29, 1.82) is 0 Å². The quantitative estimate of drug-likeness (QED) is 0.178. The summed E-state index contributed by atoms with van der Waals surface area (Å²) in [5.74, 6) is 0. The van der Waals surface area contributed by atoms with Gasteiger partial charge >= 0.3 is 0 Å². The average molecular weight is 660 g/mol. The van der Waals surface area contributed by atoms with Crippen LogP contribution < -0.4 is 4.90 Å². The highest BCUT2D eigenvalue weighted by molar-refractivity contribution is 7.26. The monoisotopic (exact) mass is 659 g/mol. The molecule has 0 fully saturated rings. The lowest BCUT2D eigenvalue weighted by Gasteiger charge is -2.27. The van der Waals surface area contributed by atoms with E-state index in [0.717, 1.165) is 11.4 Å². The maximum atomic E-state index is 2.44. The second-order valence-electron chi connectivity index (χ2n) is 12.5. The first kappa shape index (κ1) is 28.3. The third kappa shape index (κ3) is 4.74. The van der Waals surface area contributed by atoms with Crippen molar-refractivity contribution in [2.24, 2.45) is 0 Å². The van der Waals surface area contributed by atoms with Crippen LogP contribution in [0.2, 0.25) is 0 Å². The van der Waals surface area contributed by atoms with Gasteiger partial charge in [0.15, 0.2) is 0 Å². The summed E-state index contributed by atoms with van der Waals surface area (Å²) in [6, 6.07) is 64.5. The molecule has 0 N–H and O–H groups in total. The van der Waals surface area contributed by atoms with Crippen LogP contribution in [0, 0.1) is 0 Å². The maximum absolute atomic E-state index is 2.44. The third-order valence-electron chi connectivity index (χ3n) is 9.66. The molecule has 0 radical (unpaired) electrons. The number of thiophene rings is 2. The highest BCUT2D eigenvalue weighted by atomic mass is 32.1. The van der Waals surface area contributed by atoms with Crippen LogP contribution in [-0.2, 0) is 0 Å². The Bertz CT molecular complexity index is 2830. The van der Waals surface area contributed by atoms with E-state index in [1.165, 1.54) is 79.1 Å². The summed E-state index contributed by atoms with van der Waals surface area (Å²) in [5.41, 5.74) is 8.34. The first-order valence-electron chi connectivity index (χ1n) is 16.6.